The standard InChI is InChI=1S/C19H21NO4/c1-23-18(21)16(19(22)24-2)13-17(14-9-5-3-6-10-14)20-15-11-7-4-8-12-15/h3-12,16-17,20H,13H2,1-2H3. The van der Waals surface area contributed by atoms with Crippen molar-refractivity contribution in [3.8, 4) is 0 Å². The molecule has 0 heterocycles. The van der Waals surface area contributed by atoms with Gasteiger partial charge in [0.15, 0.2) is 5.92 Å². The third-order valence-corrected chi connectivity index (χ3v) is 3.76. The van der Waals surface area contributed by atoms with Crippen molar-refractivity contribution in [3.63, 3.8) is 0 Å². The number of anilines is 1. The molecule has 0 spiro atoms. The summed E-state index contributed by atoms with van der Waals surface area (Å²) in [7, 11) is 2.53. The molecule has 5 nitrogen and oxygen atoms in total. The molecule has 1 atom stereocenters. The summed E-state index contributed by atoms with van der Waals surface area (Å²) >= 11 is 0. The summed E-state index contributed by atoms with van der Waals surface area (Å²) in [5.41, 5.74) is 1.87. The maximum atomic E-state index is 12.0. The molecule has 0 aliphatic heterocycles. The van der Waals surface area contributed by atoms with Gasteiger partial charge in [0.1, 0.15) is 0 Å². The van der Waals surface area contributed by atoms with Crippen LogP contribution in [0.2, 0.25) is 0 Å². The van der Waals surface area contributed by atoms with Crippen molar-refractivity contribution in [1.29, 1.82) is 0 Å². The largest absolute Gasteiger partial charge is 0.468 e. The van der Waals surface area contributed by atoms with Crippen LogP contribution in [-0.2, 0) is 19.1 Å². The zero-order chi connectivity index (χ0) is 17.4. The van der Waals surface area contributed by atoms with Gasteiger partial charge in [-0.1, -0.05) is 48.5 Å². The van der Waals surface area contributed by atoms with Gasteiger partial charge in [-0.05, 0) is 24.1 Å². The van der Waals surface area contributed by atoms with Crippen LogP contribution < -0.4 is 5.32 Å². The molecule has 126 valence electrons. The van der Waals surface area contributed by atoms with Crippen molar-refractivity contribution in [2.75, 3.05) is 19.5 Å². The average molecular weight is 327 g/mol. The summed E-state index contributed by atoms with van der Waals surface area (Å²) in [6, 6.07) is 19.0. The van der Waals surface area contributed by atoms with E-state index >= 15 is 0 Å². The zero-order valence-electron chi connectivity index (χ0n) is 13.8. The predicted octanol–water partition coefficient (Wildman–Crippen LogP) is 3.19. The summed E-state index contributed by atoms with van der Waals surface area (Å²) in [6.45, 7) is 0. The second kappa shape index (κ2) is 8.72. The van der Waals surface area contributed by atoms with Crippen molar-refractivity contribution in [2.45, 2.75) is 12.5 Å². The van der Waals surface area contributed by atoms with E-state index in [1.54, 1.807) is 0 Å². The van der Waals surface area contributed by atoms with Gasteiger partial charge in [0.2, 0.25) is 0 Å². The van der Waals surface area contributed by atoms with E-state index in [0.717, 1.165) is 11.3 Å². The van der Waals surface area contributed by atoms with Gasteiger partial charge in [0, 0.05) is 5.69 Å². The fraction of sp³-hybridized carbons (Fsp3) is 0.263. The summed E-state index contributed by atoms with van der Waals surface area (Å²) in [6.07, 6.45) is 0.234. The highest BCUT2D eigenvalue weighted by Gasteiger charge is 2.32. The van der Waals surface area contributed by atoms with Gasteiger partial charge in [-0.15, -0.1) is 0 Å². The maximum Gasteiger partial charge on any atom is 0.320 e. The van der Waals surface area contributed by atoms with Gasteiger partial charge in [-0.25, -0.2) is 0 Å². The van der Waals surface area contributed by atoms with Crippen molar-refractivity contribution < 1.29 is 19.1 Å². The highest BCUT2D eigenvalue weighted by molar-refractivity contribution is 5.94. The van der Waals surface area contributed by atoms with Gasteiger partial charge in [0.25, 0.3) is 0 Å². The molecule has 0 saturated carbocycles. The number of esters is 2. The number of hydrogen-bond donors (Lipinski definition) is 1. The second-order valence-electron chi connectivity index (χ2n) is 5.31. The third-order valence-electron chi connectivity index (χ3n) is 3.76. The molecule has 0 saturated heterocycles. The molecule has 0 aliphatic carbocycles. The molecule has 0 fully saturated rings. The molecule has 2 rings (SSSR count). The first-order valence-corrected chi connectivity index (χ1v) is 7.68. The van der Waals surface area contributed by atoms with E-state index in [1.165, 1.54) is 14.2 Å². The number of carbonyl (C=O) groups excluding carboxylic acids is 2. The van der Waals surface area contributed by atoms with E-state index in [-0.39, 0.29) is 12.5 Å². The number of para-hydroxylation sites is 1. The molecule has 0 aromatic heterocycles. The molecule has 24 heavy (non-hydrogen) atoms. The van der Waals surface area contributed by atoms with Gasteiger partial charge < -0.3 is 14.8 Å². The van der Waals surface area contributed by atoms with E-state index in [9.17, 15) is 9.59 Å². The summed E-state index contributed by atoms with van der Waals surface area (Å²) in [5.74, 6) is -2.18. The number of nitrogens with one attached hydrogen (secondary N) is 1. The van der Waals surface area contributed by atoms with Crippen molar-refractivity contribution in [1.82, 2.24) is 0 Å². The predicted molar refractivity (Wildman–Crippen MR) is 91.4 cm³/mol. The van der Waals surface area contributed by atoms with Crippen LogP contribution >= 0.6 is 0 Å². The van der Waals surface area contributed by atoms with Crippen molar-refractivity contribution in [2.24, 2.45) is 5.92 Å². The van der Waals surface area contributed by atoms with E-state index in [0.29, 0.717) is 0 Å². The number of hydrogen-bond acceptors (Lipinski definition) is 5. The molecule has 0 amide bonds. The Hall–Kier alpha value is -2.82. The van der Waals surface area contributed by atoms with Crippen LogP contribution in [0.4, 0.5) is 5.69 Å². The summed E-state index contributed by atoms with van der Waals surface area (Å²) in [5, 5.41) is 3.37. The Bertz CT molecular complexity index is 642. The Balaban J connectivity index is 2.27. The normalized spacial score (nSPS) is 11.6. The van der Waals surface area contributed by atoms with Crippen molar-refractivity contribution in [3.05, 3.63) is 66.2 Å². The Kier molecular flexibility index (Phi) is 6.37. The third kappa shape index (κ3) is 4.59. The smallest absolute Gasteiger partial charge is 0.320 e. The molecule has 2 aromatic carbocycles. The highest BCUT2D eigenvalue weighted by Crippen LogP contribution is 2.27. The molecule has 5 heteroatoms. The molecule has 1 N–H and O–H groups in total. The van der Waals surface area contributed by atoms with Crippen molar-refractivity contribution >= 4 is 17.6 Å². The van der Waals surface area contributed by atoms with Gasteiger partial charge in [-0.2, -0.15) is 0 Å². The topological polar surface area (TPSA) is 64.6 Å². The molecular weight excluding hydrogens is 306 g/mol. The first kappa shape index (κ1) is 17.5. The Morgan fingerprint density at radius 3 is 1.88 bits per heavy atom. The SMILES string of the molecule is COC(=O)C(CC(Nc1ccccc1)c1ccccc1)C(=O)OC. The van der Waals surface area contributed by atoms with E-state index in [4.69, 9.17) is 9.47 Å². The fourth-order valence-corrected chi connectivity index (χ4v) is 2.51. The Morgan fingerprint density at radius 2 is 1.38 bits per heavy atom. The molecule has 0 bridgehead atoms. The number of rotatable bonds is 7. The lowest BCUT2D eigenvalue weighted by atomic mass is 9.94. The first-order valence-electron chi connectivity index (χ1n) is 7.68. The maximum absolute atomic E-state index is 12.0. The van der Waals surface area contributed by atoms with Crippen LogP contribution in [0.15, 0.2) is 60.7 Å². The fourth-order valence-electron chi connectivity index (χ4n) is 2.51. The van der Waals surface area contributed by atoms with Crippen LogP contribution in [-0.4, -0.2) is 26.2 Å². The van der Waals surface area contributed by atoms with E-state index in [1.807, 2.05) is 60.7 Å². The molecule has 0 aliphatic rings. The monoisotopic (exact) mass is 327 g/mol. The minimum Gasteiger partial charge on any atom is -0.468 e. The minimum absolute atomic E-state index is 0.234. The van der Waals surface area contributed by atoms with Gasteiger partial charge in [0.05, 0.1) is 20.3 Å². The van der Waals surface area contributed by atoms with Crippen LogP contribution in [0.25, 0.3) is 0 Å². The van der Waals surface area contributed by atoms with E-state index < -0.39 is 17.9 Å². The number of carbonyl (C=O) groups is 2. The lowest BCUT2D eigenvalue weighted by Crippen LogP contribution is -2.30. The van der Waals surface area contributed by atoms with Crippen LogP contribution in [0.5, 0.6) is 0 Å². The molecule has 1 unspecified atom stereocenters. The van der Waals surface area contributed by atoms with Crippen LogP contribution in [0.3, 0.4) is 0 Å². The molecular formula is C19H21NO4. The lowest BCUT2D eigenvalue weighted by molar-refractivity contribution is -0.159. The Labute approximate surface area is 141 Å². The second-order valence-corrected chi connectivity index (χ2v) is 5.31. The summed E-state index contributed by atoms with van der Waals surface area (Å²) in [4.78, 5) is 24.0. The number of ether oxygens (including phenoxy) is 2. The van der Waals surface area contributed by atoms with E-state index in [2.05, 4.69) is 5.32 Å². The zero-order valence-corrected chi connectivity index (χ0v) is 13.8. The number of methoxy groups -OCH3 is 2. The van der Waals surface area contributed by atoms with Crippen LogP contribution in [0, 0.1) is 5.92 Å². The van der Waals surface area contributed by atoms with Gasteiger partial charge >= 0.3 is 11.9 Å². The first-order chi connectivity index (χ1) is 11.7. The minimum atomic E-state index is -0.985. The van der Waals surface area contributed by atoms with Gasteiger partial charge in [-0.3, -0.25) is 9.59 Å². The lowest BCUT2D eigenvalue weighted by Gasteiger charge is -2.23. The number of benzene rings is 2. The summed E-state index contributed by atoms with van der Waals surface area (Å²) < 4.78 is 9.51. The average Bonchev–Trinajstić information content (AvgIpc) is 2.65. The molecule has 2 aromatic rings. The quantitative estimate of drug-likeness (QED) is 0.625. The Morgan fingerprint density at radius 1 is 0.875 bits per heavy atom. The molecule has 0 radical (unpaired) electrons. The van der Waals surface area contributed by atoms with Crippen LogP contribution in [0.1, 0.15) is 18.0 Å². The highest BCUT2D eigenvalue weighted by atomic mass is 16.5.